The summed E-state index contributed by atoms with van der Waals surface area (Å²) in [5.41, 5.74) is 2.46. The lowest BCUT2D eigenvalue weighted by atomic mass is 10.0. The van der Waals surface area contributed by atoms with Gasteiger partial charge in [-0.2, -0.15) is 5.26 Å². The number of aromatic amines is 1. The number of nitrogens with zero attached hydrogens (tertiary/aromatic N) is 3. The number of unbranched alkanes of at least 4 members (excludes halogenated alkanes) is 3. The summed E-state index contributed by atoms with van der Waals surface area (Å²) in [5.74, 6) is 0.805. The number of nitrogens with one attached hydrogen (secondary N) is 3. The maximum atomic E-state index is 12.0. The predicted molar refractivity (Wildman–Crippen MR) is 148 cm³/mol. The molecule has 1 aliphatic rings. The molecule has 3 rings (SSSR count). The van der Waals surface area contributed by atoms with Gasteiger partial charge in [0.2, 0.25) is 5.91 Å². The molecular formula is C27H44N6O3Si. The number of pyridine rings is 1. The average molecular weight is 529 g/mol. The second-order valence-electron chi connectivity index (χ2n) is 11.1. The van der Waals surface area contributed by atoms with Crippen LogP contribution in [0.1, 0.15) is 50.3 Å². The van der Waals surface area contributed by atoms with E-state index < -0.39 is 8.07 Å². The topological polar surface area (TPSA) is 119 Å². The number of piperazine rings is 1. The lowest BCUT2D eigenvalue weighted by molar-refractivity contribution is -0.131. The Hall–Kier alpha value is -2.61. The summed E-state index contributed by atoms with van der Waals surface area (Å²) in [4.78, 5) is 17.3. The molecule has 1 aliphatic heterocycles. The third kappa shape index (κ3) is 8.19. The third-order valence-corrected chi connectivity index (χ3v) is 8.50. The molecule has 1 saturated heterocycles. The van der Waals surface area contributed by atoms with E-state index in [1.807, 2.05) is 11.0 Å². The van der Waals surface area contributed by atoms with Gasteiger partial charge < -0.3 is 24.7 Å². The van der Waals surface area contributed by atoms with Crippen LogP contribution in [0.2, 0.25) is 25.7 Å². The number of hydrogen-bond donors (Lipinski definition) is 3. The fraction of sp³-hybridized carbons (Fsp3) is 0.667. The Morgan fingerprint density at radius 2 is 2.00 bits per heavy atom. The average Bonchev–Trinajstić information content (AvgIpc) is 3.28. The van der Waals surface area contributed by atoms with Gasteiger partial charge in [-0.3, -0.25) is 14.8 Å². The lowest BCUT2D eigenvalue weighted by Gasteiger charge is -2.27. The fourth-order valence-electron chi connectivity index (χ4n) is 4.50. The Kier molecular flexibility index (Phi) is 10.8. The van der Waals surface area contributed by atoms with Crippen molar-refractivity contribution in [1.29, 1.82) is 10.7 Å². The van der Waals surface area contributed by atoms with Crippen LogP contribution in [-0.2, 0) is 22.7 Å². The monoisotopic (exact) mass is 528 g/mol. The van der Waals surface area contributed by atoms with Crippen LogP contribution < -0.4 is 15.5 Å². The van der Waals surface area contributed by atoms with E-state index in [0.717, 1.165) is 74.2 Å². The van der Waals surface area contributed by atoms with Gasteiger partial charge in [0.15, 0.2) is 5.88 Å². The maximum Gasteiger partial charge on any atom is 0.236 e. The molecule has 9 nitrogen and oxygen atoms in total. The van der Waals surface area contributed by atoms with Crippen molar-refractivity contribution < 1.29 is 14.3 Å². The van der Waals surface area contributed by atoms with E-state index >= 15 is 0 Å². The van der Waals surface area contributed by atoms with Crippen molar-refractivity contribution in [2.75, 3.05) is 39.4 Å². The normalized spacial score (nSPS) is 14.4. The summed E-state index contributed by atoms with van der Waals surface area (Å²) in [6.45, 7) is 13.3. The molecule has 1 amide bonds. The Morgan fingerprint density at radius 1 is 1.19 bits per heavy atom. The molecule has 0 saturated carbocycles. The zero-order chi connectivity index (χ0) is 26.8. The van der Waals surface area contributed by atoms with Gasteiger partial charge >= 0.3 is 0 Å². The number of carbonyl (C=O) groups is 1. The van der Waals surface area contributed by atoms with E-state index in [2.05, 4.69) is 42.9 Å². The SMILES string of the molecule is CCCCOc1cc2c(=N)n(COCC[Si](C)(C)C)c(C#N)c(CCCCCN3CCNCC3=O)c2[nH]1. The molecule has 3 heterocycles. The molecule has 3 N–H and O–H groups in total. The highest BCUT2D eigenvalue weighted by Crippen LogP contribution is 2.26. The number of amides is 1. The van der Waals surface area contributed by atoms with Crippen molar-refractivity contribution in [3.05, 3.63) is 22.8 Å². The van der Waals surface area contributed by atoms with Gasteiger partial charge in [0.05, 0.1) is 18.7 Å². The van der Waals surface area contributed by atoms with Gasteiger partial charge in [0, 0.05) is 51.3 Å². The van der Waals surface area contributed by atoms with E-state index in [0.29, 0.717) is 37.8 Å². The standard InChI is InChI=1S/C27H44N6O3Si/c1-5-6-14-36-24-17-22-26(31-24)21(10-8-7-9-12-32-13-11-30-19-25(32)34)23(18-28)33(27(22)29)20-35-15-16-37(2,3)4/h17,29-31H,5-16,19-20H2,1-4H3. The molecular weight excluding hydrogens is 484 g/mol. The second kappa shape index (κ2) is 13.8. The first-order valence-electron chi connectivity index (χ1n) is 13.7. The summed E-state index contributed by atoms with van der Waals surface area (Å²) in [5, 5.41) is 22.9. The molecule has 0 radical (unpaired) electrons. The van der Waals surface area contributed by atoms with Crippen LogP contribution in [-0.4, -0.2) is 67.8 Å². The van der Waals surface area contributed by atoms with Crippen LogP contribution >= 0.6 is 0 Å². The highest BCUT2D eigenvalue weighted by molar-refractivity contribution is 6.76. The van der Waals surface area contributed by atoms with E-state index in [1.165, 1.54) is 0 Å². The molecule has 10 heteroatoms. The van der Waals surface area contributed by atoms with Crippen LogP contribution in [0, 0.1) is 16.7 Å². The zero-order valence-corrected chi connectivity index (χ0v) is 24.0. The molecule has 0 unspecified atom stereocenters. The smallest absolute Gasteiger partial charge is 0.236 e. The minimum atomic E-state index is -1.24. The van der Waals surface area contributed by atoms with Crippen molar-refractivity contribution in [2.24, 2.45) is 0 Å². The van der Waals surface area contributed by atoms with Crippen LogP contribution in [0.15, 0.2) is 6.07 Å². The van der Waals surface area contributed by atoms with E-state index in [9.17, 15) is 10.1 Å². The number of fused-ring (bicyclic) bond motifs is 1. The van der Waals surface area contributed by atoms with Crippen molar-refractivity contribution in [3.8, 4) is 11.9 Å². The molecule has 2 aromatic rings. The second-order valence-corrected chi connectivity index (χ2v) is 16.7. The van der Waals surface area contributed by atoms with Gasteiger partial charge in [0.25, 0.3) is 0 Å². The largest absolute Gasteiger partial charge is 0.479 e. The minimum absolute atomic E-state index is 0.169. The fourth-order valence-corrected chi connectivity index (χ4v) is 5.25. The van der Waals surface area contributed by atoms with E-state index in [4.69, 9.17) is 14.9 Å². The zero-order valence-electron chi connectivity index (χ0n) is 23.0. The third-order valence-electron chi connectivity index (χ3n) is 6.80. The van der Waals surface area contributed by atoms with Gasteiger partial charge in [-0.1, -0.05) is 39.4 Å². The van der Waals surface area contributed by atoms with E-state index in [-0.39, 0.29) is 18.1 Å². The Labute approximate surface area is 221 Å². The lowest BCUT2D eigenvalue weighted by Crippen LogP contribution is -2.48. The Bertz CT molecular complexity index is 1140. The van der Waals surface area contributed by atoms with Gasteiger partial charge in [0.1, 0.15) is 24.0 Å². The number of rotatable bonds is 15. The molecule has 204 valence electrons. The number of ether oxygens (including phenoxy) is 2. The molecule has 0 atom stereocenters. The molecule has 0 spiro atoms. The van der Waals surface area contributed by atoms with Crippen LogP contribution in [0.4, 0.5) is 0 Å². The number of aryl methyl sites for hydroxylation is 1. The van der Waals surface area contributed by atoms with Crippen molar-refractivity contribution >= 4 is 24.9 Å². The van der Waals surface area contributed by atoms with Crippen molar-refractivity contribution in [3.63, 3.8) is 0 Å². The highest BCUT2D eigenvalue weighted by Gasteiger charge is 2.20. The van der Waals surface area contributed by atoms with Gasteiger partial charge in [-0.25, -0.2) is 0 Å². The maximum absolute atomic E-state index is 12.0. The minimum Gasteiger partial charge on any atom is -0.479 e. The summed E-state index contributed by atoms with van der Waals surface area (Å²) < 4.78 is 13.6. The summed E-state index contributed by atoms with van der Waals surface area (Å²) in [6.07, 6.45) is 5.49. The molecule has 2 aromatic heterocycles. The number of H-pyrrole nitrogens is 1. The molecule has 37 heavy (non-hydrogen) atoms. The van der Waals surface area contributed by atoms with Gasteiger partial charge in [-0.15, -0.1) is 0 Å². The van der Waals surface area contributed by atoms with E-state index in [1.54, 1.807) is 4.57 Å². The highest BCUT2D eigenvalue weighted by atomic mass is 28.3. The number of aromatic nitrogens is 2. The summed E-state index contributed by atoms with van der Waals surface area (Å²) in [6, 6.07) is 5.28. The molecule has 1 fully saturated rings. The number of hydrogen-bond acceptors (Lipinski definition) is 6. The van der Waals surface area contributed by atoms with Crippen molar-refractivity contribution in [2.45, 2.75) is 77.9 Å². The van der Waals surface area contributed by atoms with Crippen LogP contribution in [0.3, 0.4) is 0 Å². The van der Waals surface area contributed by atoms with Crippen LogP contribution in [0.25, 0.3) is 10.9 Å². The first-order valence-corrected chi connectivity index (χ1v) is 17.4. The first-order chi connectivity index (χ1) is 17.7. The number of nitriles is 1. The van der Waals surface area contributed by atoms with Crippen molar-refractivity contribution in [1.82, 2.24) is 19.8 Å². The predicted octanol–water partition coefficient (Wildman–Crippen LogP) is 3.96. The Balaban J connectivity index is 1.78. The Morgan fingerprint density at radius 3 is 2.70 bits per heavy atom. The molecule has 0 bridgehead atoms. The summed E-state index contributed by atoms with van der Waals surface area (Å²) in [7, 11) is -1.24. The quantitative estimate of drug-likeness (QED) is 0.239. The van der Waals surface area contributed by atoms with Gasteiger partial charge in [-0.05, 0) is 31.7 Å². The molecule has 0 aliphatic carbocycles. The molecule has 0 aromatic carbocycles. The number of carbonyl (C=O) groups excluding carboxylic acids is 1. The summed E-state index contributed by atoms with van der Waals surface area (Å²) >= 11 is 0. The van der Waals surface area contributed by atoms with Crippen LogP contribution in [0.5, 0.6) is 5.88 Å². The first kappa shape index (κ1) is 29.0.